The Morgan fingerprint density at radius 3 is 2.67 bits per heavy atom. The van der Waals surface area contributed by atoms with Crippen molar-refractivity contribution >= 4 is 17.3 Å². The van der Waals surface area contributed by atoms with E-state index in [2.05, 4.69) is 5.32 Å². The van der Waals surface area contributed by atoms with Crippen molar-refractivity contribution in [2.24, 2.45) is 0 Å². The van der Waals surface area contributed by atoms with Gasteiger partial charge in [-0.05, 0) is 49.4 Å². The summed E-state index contributed by atoms with van der Waals surface area (Å²) in [5, 5.41) is 11.6. The zero-order valence-electron chi connectivity index (χ0n) is 11.5. The molecule has 2 aromatic carbocycles. The molecule has 2 rings (SSSR count). The summed E-state index contributed by atoms with van der Waals surface area (Å²) in [4.78, 5) is 12.0. The monoisotopic (exact) mass is 281 g/mol. The number of nitrogen functional groups attached to an aromatic ring is 1. The molecule has 0 saturated carbocycles. The van der Waals surface area contributed by atoms with Crippen LogP contribution in [0.2, 0.25) is 0 Å². The number of carbonyl (C=O) groups excluding carboxylic acids is 1. The standard InChI is InChI=1S/C16H15N3O2/c1-11(21-15-4-2-3-12(9-15)10-17)16(20)19-14-7-5-13(18)6-8-14/h2-9,11H,18H2,1H3,(H,19,20). The molecule has 0 aromatic heterocycles. The van der Waals surface area contributed by atoms with E-state index in [0.717, 1.165) is 0 Å². The normalized spacial score (nSPS) is 11.2. The Labute approximate surface area is 123 Å². The summed E-state index contributed by atoms with van der Waals surface area (Å²) in [7, 11) is 0. The molecular weight excluding hydrogens is 266 g/mol. The Morgan fingerprint density at radius 1 is 1.29 bits per heavy atom. The van der Waals surface area contributed by atoms with Gasteiger partial charge in [0.15, 0.2) is 6.10 Å². The van der Waals surface area contributed by atoms with Crippen LogP contribution in [0.1, 0.15) is 12.5 Å². The maximum atomic E-state index is 12.0. The first kappa shape index (κ1) is 14.4. The lowest BCUT2D eigenvalue weighted by molar-refractivity contribution is -0.122. The second kappa shape index (κ2) is 6.44. The van der Waals surface area contributed by atoms with E-state index in [0.29, 0.717) is 22.7 Å². The number of anilines is 2. The fraction of sp³-hybridized carbons (Fsp3) is 0.125. The highest BCUT2D eigenvalue weighted by atomic mass is 16.5. The average molecular weight is 281 g/mol. The molecule has 0 heterocycles. The highest BCUT2D eigenvalue weighted by Gasteiger charge is 2.15. The maximum absolute atomic E-state index is 12.0. The molecule has 0 aliphatic heterocycles. The fourth-order valence-corrected chi connectivity index (χ4v) is 1.71. The summed E-state index contributed by atoms with van der Waals surface area (Å²) < 4.78 is 5.53. The number of nitriles is 1. The number of nitrogens with zero attached hydrogens (tertiary/aromatic N) is 1. The van der Waals surface area contributed by atoms with Crippen LogP contribution < -0.4 is 15.8 Å². The smallest absolute Gasteiger partial charge is 0.265 e. The minimum atomic E-state index is -0.684. The highest BCUT2D eigenvalue weighted by molar-refractivity contribution is 5.94. The molecule has 3 N–H and O–H groups in total. The third kappa shape index (κ3) is 3.98. The molecule has 0 radical (unpaired) electrons. The van der Waals surface area contributed by atoms with Crippen LogP contribution in [0.25, 0.3) is 0 Å². The van der Waals surface area contributed by atoms with E-state index in [1.165, 1.54) is 0 Å². The number of hydrogen-bond acceptors (Lipinski definition) is 4. The Kier molecular flexibility index (Phi) is 4.42. The van der Waals surface area contributed by atoms with Crippen molar-refractivity contribution in [1.82, 2.24) is 0 Å². The number of ether oxygens (including phenoxy) is 1. The van der Waals surface area contributed by atoms with Gasteiger partial charge in [-0.3, -0.25) is 4.79 Å². The molecule has 0 aliphatic carbocycles. The number of rotatable bonds is 4. The van der Waals surface area contributed by atoms with Gasteiger partial charge in [0.1, 0.15) is 5.75 Å². The molecule has 0 aliphatic rings. The Morgan fingerprint density at radius 2 is 2.00 bits per heavy atom. The van der Waals surface area contributed by atoms with Gasteiger partial charge in [0.2, 0.25) is 0 Å². The van der Waals surface area contributed by atoms with Crippen LogP contribution in [-0.4, -0.2) is 12.0 Å². The van der Waals surface area contributed by atoms with Crippen molar-refractivity contribution in [3.63, 3.8) is 0 Å². The fourth-order valence-electron chi connectivity index (χ4n) is 1.71. The van der Waals surface area contributed by atoms with Gasteiger partial charge in [-0.15, -0.1) is 0 Å². The summed E-state index contributed by atoms with van der Waals surface area (Å²) >= 11 is 0. The zero-order valence-corrected chi connectivity index (χ0v) is 11.5. The van der Waals surface area contributed by atoms with Crippen molar-refractivity contribution in [2.75, 3.05) is 11.1 Å². The average Bonchev–Trinajstić information content (AvgIpc) is 2.49. The first-order valence-electron chi connectivity index (χ1n) is 6.41. The molecular formula is C16H15N3O2. The lowest BCUT2D eigenvalue weighted by Gasteiger charge is -2.15. The van der Waals surface area contributed by atoms with Crippen LogP contribution in [-0.2, 0) is 4.79 Å². The van der Waals surface area contributed by atoms with Crippen LogP contribution in [0, 0.1) is 11.3 Å². The molecule has 5 nitrogen and oxygen atoms in total. The van der Waals surface area contributed by atoms with Crippen LogP contribution in [0.15, 0.2) is 48.5 Å². The minimum absolute atomic E-state index is 0.276. The lowest BCUT2D eigenvalue weighted by atomic mass is 10.2. The lowest BCUT2D eigenvalue weighted by Crippen LogP contribution is -2.30. The summed E-state index contributed by atoms with van der Waals surface area (Å²) in [5.41, 5.74) is 7.35. The minimum Gasteiger partial charge on any atom is -0.481 e. The number of nitrogens with one attached hydrogen (secondary N) is 1. The number of nitrogens with two attached hydrogens (primary N) is 1. The van der Waals surface area contributed by atoms with E-state index < -0.39 is 6.10 Å². The molecule has 0 saturated heterocycles. The quantitative estimate of drug-likeness (QED) is 0.843. The molecule has 1 unspecified atom stereocenters. The molecule has 1 amide bonds. The van der Waals surface area contributed by atoms with Gasteiger partial charge < -0.3 is 15.8 Å². The van der Waals surface area contributed by atoms with Gasteiger partial charge in [-0.2, -0.15) is 5.26 Å². The van der Waals surface area contributed by atoms with Crippen LogP contribution in [0.3, 0.4) is 0 Å². The molecule has 0 bridgehead atoms. The summed E-state index contributed by atoms with van der Waals surface area (Å²) in [6.45, 7) is 1.64. The molecule has 0 fully saturated rings. The highest BCUT2D eigenvalue weighted by Crippen LogP contribution is 2.16. The van der Waals surface area contributed by atoms with Crippen LogP contribution in [0.4, 0.5) is 11.4 Å². The first-order chi connectivity index (χ1) is 10.1. The Bertz CT molecular complexity index is 675. The third-order valence-electron chi connectivity index (χ3n) is 2.82. The van der Waals surface area contributed by atoms with Crippen molar-refractivity contribution in [2.45, 2.75) is 13.0 Å². The Balaban J connectivity index is 1.99. The second-order valence-corrected chi connectivity index (χ2v) is 4.51. The van der Waals surface area contributed by atoms with E-state index >= 15 is 0 Å². The van der Waals surface area contributed by atoms with Gasteiger partial charge in [0, 0.05) is 11.4 Å². The van der Waals surface area contributed by atoms with Crippen molar-refractivity contribution in [3.8, 4) is 11.8 Å². The molecule has 106 valence electrons. The molecule has 21 heavy (non-hydrogen) atoms. The molecule has 1 atom stereocenters. The van der Waals surface area contributed by atoms with Gasteiger partial charge in [0.25, 0.3) is 5.91 Å². The predicted molar refractivity (Wildman–Crippen MR) is 80.7 cm³/mol. The topological polar surface area (TPSA) is 88.1 Å². The van der Waals surface area contributed by atoms with E-state index in [9.17, 15) is 4.79 Å². The van der Waals surface area contributed by atoms with Crippen LogP contribution >= 0.6 is 0 Å². The SMILES string of the molecule is CC(Oc1cccc(C#N)c1)C(=O)Nc1ccc(N)cc1. The number of benzene rings is 2. The van der Waals surface area contributed by atoms with Gasteiger partial charge >= 0.3 is 0 Å². The van der Waals surface area contributed by atoms with E-state index in [1.807, 2.05) is 6.07 Å². The first-order valence-corrected chi connectivity index (χ1v) is 6.41. The van der Waals surface area contributed by atoms with E-state index in [4.69, 9.17) is 15.7 Å². The predicted octanol–water partition coefficient (Wildman–Crippen LogP) is 2.55. The van der Waals surface area contributed by atoms with Crippen molar-refractivity contribution in [3.05, 3.63) is 54.1 Å². The van der Waals surface area contributed by atoms with Crippen LogP contribution in [0.5, 0.6) is 5.75 Å². The van der Waals surface area contributed by atoms with Crippen molar-refractivity contribution in [1.29, 1.82) is 5.26 Å². The van der Waals surface area contributed by atoms with E-state index in [1.54, 1.807) is 55.5 Å². The summed E-state index contributed by atoms with van der Waals surface area (Å²) in [6.07, 6.45) is -0.684. The number of carbonyl (C=O) groups is 1. The summed E-state index contributed by atoms with van der Waals surface area (Å²) in [5.74, 6) is 0.205. The number of amides is 1. The zero-order chi connectivity index (χ0) is 15.2. The van der Waals surface area contributed by atoms with Gasteiger partial charge in [-0.1, -0.05) is 6.07 Å². The third-order valence-corrected chi connectivity index (χ3v) is 2.82. The molecule has 2 aromatic rings. The maximum Gasteiger partial charge on any atom is 0.265 e. The second-order valence-electron chi connectivity index (χ2n) is 4.51. The molecule has 0 spiro atoms. The largest absolute Gasteiger partial charge is 0.481 e. The molecule has 5 heteroatoms. The van der Waals surface area contributed by atoms with Gasteiger partial charge in [-0.25, -0.2) is 0 Å². The van der Waals surface area contributed by atoms with Gasteiger partial charge in [0.05, 0.1) is 11.6 Å². The Hall–Kier alpha value is -3.00. The van der Waals surface area contributed by atoms with E-state index in [-0.39, 0.29) is 5.91 Å². The number of hydrogen-bond donors (Lipinski definition) is 2. The summed E-state index contributed by atoms with van der Waals surface area (Å²) in [6, 6.07) is 15.5. The van der Waals surface area contributed by atoms with Crippen molar-refractivity contribution < 1.29 is 9.53 Å².